The number of nitrogens with one attached hydrogen (secondary N) is 1. The van der Waals surface area contributed by atoms with Crippen molar-refractivity contribution < 1.29 is 9.13 Å². The first-order valence-corrected chi connectivity index (χ1v) is 5.34. The molecule has 0 spiro atoms. The number of rotatable bonds is 2. The minimum absolute atomic E-state index is 0.0628. The summed E-state index contributed by atoms with van der Waals surface area (Å²) in [5, 5.41) is 0. The molecule has 17 heavy (non-hydrogen) atoms. The van der Waals surface area contributed by atoms with E-state index in [1.807, 2.05) is 0 Å². The topological polar surface area (TPSA) is 90.1 Å². The van der Waals surface area contributed by atoms with E-state index in [2.05, 4.69) is 4.98 Å². The lowest BCUT2D eigenvalue weighted by atomic mass is 10.2. The van der Waals surface area contributed by atoms with Crippen molar-refractivity contribution in [3.8, 4) is 0 Å². The molecule has 3 N–H and O–H groups in total. The highest BCUT2D eigenvalue weighted by molar-refractivity contribution is 5.02. The first kappa shape index (κ1) is 12.0. The van der Waals surface area contributed by atoms with Gasteiger partial charge < -0.3 is 10.5 Å². The number of nitrogens with two attached hydrogens (primary N) is 1. The minimum atomic E-state index is -1.19. The first-order chi connectivity index (χ1) is 8.02. The van der Waals surface area contributed by atoms with Crippen molar-refractivity contribution in [3.05, 3.63) is 32.6 Å². The molecule has 6 nitrogen and oxygen atoms in total. The molecule has 1 aromatic heterocycles. The van der Waals surface area contributed by atoms with E-state index in [4.69, 9.17) is 10.5 Å². The highest BCUT2D eigenvalue weighted by atomic mass is 19.1. The van der Waals surface area contributed by atoms with Crippen LogP contribution in [0.5, 0.6) is 0 Å². The van der Waals surface area contributed by atoms with Gasteiger partial charge in [0.2, 0.25) is 0 Å². The van der Waals surface area contributed by atoms with Gasteiger partial charge in [-0.1, -0.05) is 0 Å². The summed E-state index contributed by atoms with van der Waals surface area (Å²) in [4.78, 5) is 24.9. The fourth-order valence-corrected chi connectivity index (χ4v) is 1.87. The van der Waals surface area contributed by atoms with E-state index >= 15 is 0 Å². The Bertz CT molecular complexity index is 524. The van der Waals surface area contributed by atoms with Crippen molar-refractivity contribution in [1.29, 1.82) is 0 Å². The zero-order chi connectivity index (χ0) is 12.6. The third kappa shape index (κ3) is 2.16. The summed E-state index contributed by atoms with van der Waals surface area (Å²) < 4.78 is 20.0. The van der Waals surface area contributed by atoms with Crippen LogP contribution in [0, 0.1) is 6.92 Å². The Hall–Kier alpha value is -1.47. The molecule has 0 aliphatic carbocycles. The third-order valence-corrected chi connectivity index (χ3v) is 2.85. The van der Waals surface area contributed by atoms with Gasteiger partial charge in [0, 0.05) is 24.7 Å². The lowest BCUT2D eigenvalue weighted by molar-refractivity contribution is -0.00548. The molecule has 2 heterocycles. The van der Waals surface area contributed by atoms with E-state index in [0.29, 0.717) is 5.56 Å². The fourth-order valence-electron chi connectivity index (χ4n) is 1.87. The number of nitrogens with zero attached hydrogens (tertiary/aromatic N) is 1. The van der Waals surface area contributed by atoms with Crippen LogP contribution in [0.1, 0.15) is 18.2 Å². The largest absolute Gasteiger partial charge is 0.350 e. The Labute approximate surface area is 96.2 Å². The van der Waals surface area contributed by atoms with Gasteiger partial charge in [-0.25, -0.2) is 9.18 Å². The average Bonchev–Trinajstić information content (AvgIpc) is 2.65. The molecule has 0 amide bonds. The highest BCUT2D eigenvalue weighted by Crippen LogP contribution is 2.29. The predicted molar refractivity (Wildman–Crippen MR) is 58.5 cm³/mol. The highest BCUT2D eigenvalue weighted by Gasteiger charge is 2.35. The number of ether oxygens (including phenoxy) is 1. The van der Waals surface area contributed by atoms with Gasteiger partial charge in [0.15, 0.2) is 0 Å². The van der Waals surface area contributed by atoms with Crippen molar-refractivity contribution in [3.63, 3.8) is 0 Å². The van der Waals surface area contributed by atoms with Gasteiger partial charge in [0.25, 0.3) is 5.56 Å². The number of hydrogen-bond acceptors (Lipinski definition) is 4. The molecule has 0 unspecified atom stereocenters. The van der Waals surface area contributed by atoms with Crippen LogP contribution >= 0.6 is 0 Å². The summed E-state index contributed by atoms with van der Waals surface area (Å²) in [6.07, 6.45) is -1.16. The van der Waals surface area contributed by atoms with Crippen molar-refractivity contribution in [2.24, 2.45) is 5.73 Å². The van der Waals surface area contributed by atoms with E-state index in [1.165, 1.54) is 10.8 Å². The second kappa shape index (κ2) is 4.42. The molecule has 2 rings (SSSR count). The smallest absolute Gasteiger partial charge is 0.330 e. The minimum Gasteiger partial charge on any atom is -0.350 e. The molecule has 0 saturated carbocycles. The maximum absolute atomic E-state index is 13.4. The van der Waals surface area contributed by atoms with E-state index < -0.39 is 29.8 Å². The van der Waals surface area contributed by atoms with Gasteiger partial charge in [-0.2, -0.15) is 0 Å². The maximum atomic E-state index is 13.4. The van der Waals surface area contributed by atoms with Crippen LogP contribution in [0.15, 0.2) is 15.8 Å². The Morgan fingerprint density at radius 2 is 2.35 bits per heavy atom. The number of H-pyrrole nitrogens is 1. The van der Waals surface area contributed by atoms with Crippen molar-refractivity contribution >= 4 is 0 Å². The van der Waals surface area contributed by atoms with E-state index in [9.17, 15) is 14.0 Å². The van der Waals surface area contributed by atoms with Gasteiger partial charge in [0.1, 0.15) is 18.5 Å². The second-order valence-electron chi connectivity index (χ2n) is 4.10. The predicted octanol–water partition coefficient (Wildman–Crippen LogP) is -0.571. The second-order valence-corrected chi connectivity index (χ2v) is 4.10. The quantitative estimate of drug-likeness (QED) is 0.727. The van der Waals surface area contributed by atoms with Crippen LogP contribution < -0.4 is 17.0 Å². The summed E-state index contributed by atoms with van der Waals surface area (Å²) in [6, 6.07) is 0. The number of alkyl halides is 1. The molecule has 0 aromatic carbocycles. The van der Waals surface area contributed by atoms with E-state index in [-0.39, 0.29) is 13.0 Å². The molecule has 0 radical (unpaired) electrons. The average molecular weight is 243 g/mol. The molecule has 94 valence electrons. The molecular weight excluding hydrogens is 229 g/mol. The maximum Gasteiger partial charge on any atom is 0.330 e. The summed E-state index contributed by atoms with van der Waals surface area (Å²) in [7, 11) is 0. The fraction of sp³-hybridized carbons (Fsp3) is 0.600. The molecule has 1 fully saturated rings. The Morgan fingerprint density at radius 1 is 1.65 bits per heavy atom. The number of halogens is 1. The molecular formula is C10H14FN3O3. The SMILES string of the molecule is Cc1cn([C@H]2C[C@H](F)[C@@H](CN)O2)c(=O)[nH]c1=O. The normalized spacial score (nSPS) is 28.5. The molecule has 3 atom stereocenters. The zero-order valence-corrected chi connectivity index (χ0v) is 9.35. The van der Waals surface area contributed by atoms with Gasteiger partial charge in [-0.3, -0.25) is 14.3 Å². The summed E-state index contributed by atoms with van der Waals surface area (Å²) in [5.41, 5.74) is 4.67. The van der Waals surface area contributed by atoms with E-state index in [0.717, 1.165) is 0 Å². The van der Waals surface area contributed by atoms with Gasteiger partial charge in [-0.05, 0) is 6.92 Å². The molecule has 1 saturated heterocycles. The van der Waals surface area contributed by atoms with Crippen LogP contribution in [0.3, 0.4) is 0 Å². The molecule has 1 aliphatic rings. The standard InChI is InChI=1S/C10H14FN3O3/c1-5-4-14(10(16)13-9(5)15)8-2-6(11)7(3-12)17-8/h4,6-8H,2-3,12H2,1H3,(H,13,15,16)/t6-,7+,8+/m0/s1. The first-order valence-electron chi connectivity index (χ1n) is 5.34. The lowest BCUT2D eigenvalue weighted by Gasteiger charge is -2.14. The van der Waals surface area contributed by atoms with E-state index in [1.54, 1.807) is 6.92 Å². The van der Waals surface area contributed by atoms with Crippen LogP contribution in [0.25, 0.3) is 0 Å². The molecule has 1 aromatic rings. The van der Waals surface area contributed by atoms with Crippen LogP contribution in [0.2, 0.25) is 0 Å². The Morgan fingerprint density at radius 3 is 2.94 bits per heavy atom. The Kier molecular flexibility index (Phi) is 3.12. The zero-order valence-electron chi connectivity index (χ0n) is 9.35. The van der Waals surface area contributed by atoms with Gasteiger partial charge in [-0.15, -0.1) is 0 Å². The van der Waals surface area contributed by atoms with Crippen LogP contribution in [0.4, 0.5) is 4.39 Å². The van der Waals surface area contributed by atoms with Gasteiger partial charge >= 0.3 is 5.69 Å². The monoisotopic (exact) mass is 243 g/mol. The number of aromatic amines is 1. The van der Waals surface area contributed by atoms with Gasteiger partial charge in [0.05, 0.1) is 0 Å². The number of hydrogen-bond donors (Lipinski definition) is 2. The number of aromatic nitrogens is 2. The van der Waals surface area contributed by atoms with Crippen molar-refractivity contribution in [1.82, 2.24) is 9.55 Å². The summed E-state index contributed by atoms with van der Waals surface area (Å²) >= 11 is 0. The number of aryl methyl sites for hydroxylation is 1. The summed E-state index contributed by atoms with van der Waals surface area (Å²) in [5.74, 6) is 0. The van der Waals surface area contributed by atoms with Crippen LogP contribution in [-0.2, 0) is 4.74 Å². The van der Waals surface area contributed by atoms with Crippen LogP contribution in [-0.4, -0.2) is 28.4 Å². The third-order valence-electron chi connectivity index (χ3n) is 2.85. The molecule has 0 bridgehead atoms. The van der Waals surface area contributed by atoms with Crippen molar-refractivity contribution in [2.45, 2.75) is 31.8 Å². The Balaban J connectivity index is 2.34. The molecule has 1 aliphatic heterocycles. The lowest BCUT2D eigenvalue weighted by Crippen LogP contribution is -2.33. The van der Waals surface area contributed by atoms with Crippen molar-refractivity contribution in [2.75, 3.05) is 6.54 Å². The molecule has 7 heteroatoms. The summed E-state index contributed by atoms with van der Waals surface area (Å²) in [6.45, 7) is 1.63.